The van der Waals surface area contributed by atoms with Gasteiger partial charge in [-0.3, -0.25) is 0 Å². The lowest BCUT2D eigenvalue weighted by Crippen LogP contribution is -2.31. The molecule has 0 aromatic heterocycles. The van der Waals surface area contributed by atoms with Gasteiger partial charge in [0, 0.05) is 4.83 Å². The molecule has 0 heterocycles. The van der Waals surface area contributed by atoms with Gasteiger partial charge < -0.3 is 0 Å². The maximum absolute atomic E-state index is 4.01. The van der Waals surface area contributed by atoms with Crippen LogP contribution < -0.4 is 0 Å². The average molecular weight is 309 g/mol. The zero-order valence-electron chi connectivity index (χ0n) is 12.1. The van der Waals surface area contributed by atoms with Crippen LogP contribution in [0.25, 0.3) is 0 Å². The summed E-state index contributed by atoms with van der Waals surface area (Å²) in [6, 6.07) is 6.83. The van der Waals surface area contributed by atoms with Gasteiger partial charge in [0.2, 0.25) is 0 Å². The lowest BCUT2D eigenvalue weighted by Gasteiger charge is -2.42. The zero-order chi connectivity index (χ0) is 13.3. The number of hydrogen-bond acceptors (Lipinski definition) is 0. The van der Waals surface area contributed by atoms with Gasteiger partial charge in [-0.05, 0) is 49.1 Å². The Kier molecular flexibility index (Phi) is 4.21. The van der Waals surface area contributed by atoms with Gasteiger partial charge in [0.15, 0.2) is 0 Å². The first-order valence-electron chi connectivity index (χ1n) is 7.13. The molecule has 0 N–H and O–H groups in total. The molecular weight excluding hydrogens is 284 g/mol. The molecule has 1 aromatic rings. The number of alkyl halides is 1. The van der Waals surface area contributed by atoms with E-state index in [1.54, 1.807) is 0 Å². The lowest BCUT2D eigenvalue weighted by molar-refractivity contribution is 0.136. The van der Waals surface area contributed by atoms with Gasteiger partial charge in [0.25, 0.3) is 0 Å². The van der Waals surface area contributed by atoms with Crippen molar-refractivity contribution in [1.82, 2.24) is 0 Å². The third-order valence-electron chi connectivity index (χ3n) is 4.68. The summed E-state index contributed by atoms with van der Waals surface area (Å²) < 4.78 is 0. The topological polar surface area (TPSA) is 0 Å². The van der Waals surface area contributed by atoms with E-state index in [-0.39, 0.29) is 0 Å². The van der Waals surface area contributed by atoms with Gasteiger partial charge in [-0.2, -0.15) is 0 Å². The van der Waals surface area contributed by atoms with Crippen molar-refractivity contribution in [2.24, 2.45) is 11.3 Å². The Hall–Kier alpha value is -0.300. The van der Waals surface area contributed by atoms with Crippen LogP contribution in [0.2, 0.25) is 0 Å². The summed E-state index contributed by atoms with van der Waals surface area (Å²) in [6.45, 7) is 9.31. The molecule has 2 rings (SSSR count). The second kappa shape index (κ2) is 5.36. The number of hydrogen-bond donors (Lipinski definition) is 0. The van der Waals surface area contributed by atoms with Crippen LogP contribution in [0.15, 0.2) is 18.2 Å². The van der Waals surface area contributed by atoms with Crippen LogP contribution in [0.3, 0.4) is 0 Å². The fraction of sp³-hybridized carbons (Fsp3) is 0.647. The normalized spacial score (nSPS) is 24.8. The van der Waals surface area contributed by atoms with Crippen LogP contribution in [0, 0.1) is 25.2 Å². The van der Waals surface area contributed by atoms with Crippen LogP contribution in [-0.2, 0) is 0 Å². The Balaban J connectivity index is 2.29. The van der Waals surface area contributed by atoms with Crippen molar-refractivity contribution >= 4 is 15.9 Å². The average Bonchev–Trinajstić information content (AvgIpc) is 2.31. The minimum atomic E-state index is 0.461. The van der Waals surface area contributed by atoms with E-state index >= 15 is 0 Å². The largest absolute Gasteiger partial charge is 0.0835 e. The Morgan fingerprint density at radius 3 is 2.61 bits per heavy atom. The minimum Gasteiger partial charge on any atom is -0.0835 e. The highest BCUT2D eigenvalue weighted by Crippen LogP contribution is 2.50. The van der Waals surface area contributed by atoms with Gasteiger partial charge in [-0.1, -0.05) is 66.4 Å². The second-order valence-electron chi connectivity index (χ2n) is 6.60. The molecule has 0 spiro atoms. The molecule has 0 bridgehead atoms. The third-order valence-corrected chi connectivity index (χ3v) is 5.81. The highest BCUT2D eigenvalue weighted by molar-refractivity contribution is 9.09. The van der Waals surface area contributed by atoms with Gasteiger partial charge in [-0.15, -0.1) is 0 Å². The molecular formula is C17H25Br. The van der Waals surface area contributed by atoms with Crippen molar-refractivity contribution in [3.8, 4) is 0 Å². The first-order chi connectivity index (χ1) is 8.42. The van der Waals surface area contributed by atoms with E-state index in [2.05, 4.69) is 61.8 Å². The molecule has 1 fully saturated rings. The van der Waals surface area contributed by atoms with Crippen molar-refractivity contribution in [2.75, 3.05) is 0 Å². The maximum Gasteiger partial charge on any atom is 0.0431 e. The van der Waals surface area contributed by atoms with E-state index in [1.165, 1.54) is 42.4 Å². The number of aryl methyl sites for hydroxylation is 2. The molecule has 0 saturated heterocycles. The van der Waals surface area contributed by atoms with E-state index < -0.39 is 0 Å². The molecule has 2 unspecified atom stereocenters. The van der Waals surface area contributed by atoms with Crippen LogP contribution in [0.4, 0.5) is 0 Å². The first-order valence-corrected chi connectivity index (χ1v) is 8.04. The standard InChI is InChI=1S/C17H25Br/c1-12-8-9-13(2)14(11-12)16(18)15-7-5-6-10-17(15,3)4/h8-9,11,15-16H,5-7,10H2,1-4H3. The summed E-state index contributed by atoms with van der Waals surface area (Å²) in [5, 5.41) is 0. The van der Waals surface area contributed by atoms with Crippen molar-refractivity contribution in [2.45, 2.75) is 58.2 Å². The Morgan fingerprint density at radius 1 is 1.22 bits per heavy atom. The van der Waals surface area contributed by atoms with E-state index in [0.717, 1.165) is 5.92 Å². The first kappa shape index (κ1) is 14.1. The van der Waals surface area contributed by atoms with Crippen molar-refractivity contribution in [3.63, 3.8) is 0 Å². The van der Waals surface area contributed by atoms with Crippen LogP contribution in [0.1, 0.15) is 61.0 Å². The molecule has 1 aliphatic rings. The molecule has 1 heteroatoms. The number of benzene rings is 1. The summed E-state index contributed by atoms with van der Waals surface area (Å²) in [6.07, 6.45) is 5.51. The molecule has 1 aromatic carbocycles. The van der Waals surface area contributed by atoms with E-state index in [4.69, 9.17) is 0 Å². The van der Waals surface area contributed by atoms with E-state index in [0.29, 0.717) is 10.2 Å². The molecule has 0 radical (unpaired) electrons. The maximum atomic E-state index is 4.01. The van der Waals surface area contributed by atoms with Crippen molar-refractivity contribution < 1.29 is 0 Å². The van der Waals surface area contributed by atoms with Crippen LogP contribution in [0.5, 0.6) is 0 Å². The third kappa shape index (κ3) is 2.82. The van der Waals surface area contributed by atoms with Gasteiger partial charge in [0.05, 0.1) is 0 Å². The predicted octanol–water partition coefficient (Wildman–Crippen LogP) is 5.96. The molecule has 0 nitrogen and oxygen atoms in total. The number of halogens is 1. The van der Waals surface area contributed by atoms with Crippen LogP contribution in [-0.4, -0.2) is 0 Å². The zero-order valence-corrected chi connectivity index (χ0v) is 13.7. The van der Waals surface area contributed by atoms with Crippen molar-refractivity contribution in [3.05, 3.63) is 34.9 Å². The Morgan fingerprint density at radius 2 is 1.94 bits per heavy atom. The smallest absolute Gasteiger partial charge is 0.0431 e. The Bertz CT molecular complexity index is 420. The fourth-order valence-corrected chi connectivity index (χ4v) is 4.81. The second-order valence-corrected chi connectivity index (χ2v) is 7.59. The highest BCUT2D eigenvalue weighted by Gasteiger charge is 2.37. The quantitative estimate of drug-likeness (QED) is 0.592. The highest BCUT2D eigenvalue weighted by atomic mass is 79.9. The molecule has 1 saturated carbocycles. The molecule has 1 aliphatic carbocycles. The van der Waals surface area contributed by atoms with Crippen molar-refractivity contribution in [1.29, 1.82) is 0 Å². The molecule has 2 atom stereocenters. The number of rotatable bonds is 2. The minimum absolute atomic E-state index is 0.461. The Labute approximate surface area is 120 Å². The molecule has 100 valence electrons. The summed E-state index contributed by atoms with van der Waals surface area (Å²) in [5.41, 5.74) is 4.75. The van der Waals surface area contributed by atoms with Gasteiger partial charge >= 0.3 is 0 Å². The molecule has 0 aliphatic heterocycles. The van der Waals surface area contributed by atoms with Gasteiger partial charge in [-0.25, -0.2) is 0 Å². The SMILES string of the molecule is Cc1ccc(C)c(C(Br)C2CCCCC2(C)C)c1. The monoisotopic (exact) mass is 308 g/mol. The molecule has 18 heavy (non-hydrogen) atoms. The summed E-state index contributed by atoms with van der Waals surface area (Å²) in [4.78, 5) is 0.507. The van der Waals surface area contributed by atoms with Crippen LogP contribution >= 0.6 is 15.9 Å². The van der Waals surface area contributed by atoms with E-state index in [1.807, 2.05) is 0 Å². The summed E-state index contributed by atoms with van der Waals surface area (Å²) in [5.74, 6) is 0.756. The van der Waals surface area contributed by atoms with E-state index in [9.17, 15) is 0 Å². The summed E-state index contributed by atoms with van der Waals surface area (Å²) in [7, 11) is 0. The fourth-order valence-electron chi connectivity index (χ4n) is 3.34. The lowest BCUT2D eigenvalue weighted by atomic mass is 9.66. The predicted molar refractivity (Wildman–Crippen MR) is 83.3 cm³/mol. The molecule has 0 amide bonds. The summed E-state index contributed by atoms with van der Waals surface area (Å²) >= 11 is 4.01. The van der Waals surface area contributed by atoms with Gasteiger partial charge in [0.1, 0.15) is 0 Å².